The Kier molecular flexibility index (Phi) is 4.48. The fraction of sp³-hybridized carbons (Fsp3) is 0.235. The zero-order chi connectivity index (χ0) is 17.2. The molecule has 3 heterocycles. The molecule has 128 valence electrons. The third-order valence-electron chi connectivity index (χ3n) is 4.02. The molecule has 0 amide bonds. The van der Waals surface area contributed by atoms with Crippen LogP contribution in [0.4, 0.5) is 0 Å². The Morgan fingerprint density at radius 2 is 1.96 bits per heavy atom. The molecule has 2 aromatic rings. The number of thiazole rings is 1. The van der Waals surface area contributed by atoms with Gasteiger partial charge >= 0.3 is 0 Å². The maximum Gasteiger partial charge on any atom is 0.230 e. The van der Waals surface area contributed by atoms with Crippen molar-refractivity contribution in [3.8, 4) is 5.88 Å². The zero-order valence-electron chi connectivity index (χ0n) is 13.3. The fourth-order valence-corrected chi connectivity index (χ4v) is 4.12. The molecule has 8 heteroatoms. The molecule has 0 atom stereocenters. The first-order chi connectivity index (χ1) is 12.2. The number of aromatic nitrogens is 1. The fourth-order valence-electron chi connectivity index (χ4n) is 2.81. The Balaban J connectivity index is 1.69. The van der Waals surface area contributed by atoms with E-state index in [1.54, 1.807) is 10.9 Å². The van der Waals surface area contributed by atoms with E-state index in [-0.39, 0.29) is 5.88 Å². The van der Waals surface area contributed by atoms with E-state index >= 15 is 0 Å². The van der Waals surface area contributed by atoms with Gasteiger partial charge in [0.25, 0.3) is 0 Å². The number of rotatable bonds is 3. The second kappa shape index (κ2) is 6.91. The van der Waals surface area contributed by atoms with Crippen LogP contribution >= 0.6 is 23.6 Å². The maximum atomic E-state index is 10.7. The average Bonchev–Trinajstić information content (AvgIpc) is 3.21. The van der Waals surface area contributed by atoms with Crippen LogP contribution in [0, 0.1) is 3.95 Å². The second-order valence-corrected chi connectivity index (χ2v) is 7.27. The van der Waals surface area contributed by atoms with Crippen molar-refractivity contribution < 1.29 is 9.84 Å². The van der Waals surface area contributed by atoms with Gasteiger partial charge in [-0.3, -0.25) is 0 Å². The molecule has 1 saturated heterocycles. The summed E-state index contributed by atoms with van der Waals surface area (Å²) >= 11 is 6.82. The lowest BCUT2D eigenvalue weighted by molar-refractivity contribution is 0.109. The molecule has 2 aliphatic rings. The van der Waals surface area contributed by atoms with Crippen molar-refractivity contribution in [2.45, 2.75) is 0 Å². The van der Waals surface area contributed by atoms with Gasteiger partial charge in [0.2, 0.25) is 5.88 Å². The summed E-state index contributed by atoms with van der Waals surface area (Å²) < 4.78 is 7.67. The van der Waals surface area contributed by atoms with Crippen molar-refractivity contribution in [1.82, 2.24) is 4.68 Å². The quantitative estimate of drug-likeness (QED) is 0.842. The first kappa shape index (κ1) is 16.2. The third kappa shape index (κ3) is 3.15. The van der Waals surface area contributed by atoms with Gasteiger partial charge in [-0.1, -0.05) is 41.7 Å². The van der Waals surface area contributed by atoms with Gasteiger partial charge in [0, 0.05) is 11.1 Å². The summed E-state index contributed by atoms with van der Waals surface area (Å²) in [5.41, 5.74) is 2.63. The van der Waals surface area contributed by atoms with E-state index in [9.17, 15) is 5.11 Å². The Hall–Kier alpha value is -2.29. The molecule has 1 N–H and O–H groups in total. The van der Waals surface area contributed by atoms with Crippen LogP contribution in [0.15, 0.2) is 46.1 Å². The summed E-state index contributed by atoms with van der Waals surface area (Å²) in [6, 6.07) is 9.86. The van der Waals surface area contributed by atoms with Crippen molar-refractivity contribution in [3.05, 3.63) is 50.3 Å². The second-order valence-electron chi connectivity index (χ2n) is 5.59. The van der Waals surface area contributed by atoms with Crippen LogP contribution in [0.2, 0.25) is 0 Å². The highest BCUT2D eigenvalue weighted by Crippen LogP contribution is 2.30. The molecule has 1 aromatic heterocycles. The number of hydrogen-bond donors (Lipinski definition) is 1. The number of aromatic hydroxyl groups is 1. The number of morpholine rings is 1. The third-order valence-corrected chi connectivity index (χ3v) is 5.31. The van der Waals surface area contributed by atoms with Crippen molar-refractivity contribution in [2.75, 3.05) is 31.3 Å². The number of hydrogen-bond acceptors (Lipinski definition) is 7. The summed E-state index contributed by atoms with van der Waals surface area (Å²) in [6.07, 6.45) is 3.58. The van der Waals surface area contributed by atoms with Crippen LogP contribution in [0.3, 0.4) is 0 Å². The smallest absolute Gasteiger partial charge is 0.230 e. The predicted molar refractivity (Wildman–Crippen MR) is 103 cm³/mol. The SMILES string of the molecule is Oc1c(C=C2C=NN=C2c2ccccc2)sc(=S)n1N1CCOCC1. The monoisotopic (exact) mass is 372 g/mol. The minimum absolute atomic E-state index is 0.150. The van der Waals surface area contributed by atoms with Gasteiger partial charge in [0.1, 0.15) is 5.71 Å². The molecule has 0 bridgehead atoms. The van der Waals surface area contributed by atoms with Crippen LogP contribution in [0.1, 0.15) is 10.4 Å². The number of allylic oxidation sites excluding steroid dienone is 1. The zero-order valence-corrected chi connectivity index (χ0v) is 15.0. The molecule has 6 nitrogen and oxygen atoms in total. The number of nitrogens with zero attached hydrogens (tertiary/aromatic N) is 4. The van der Waals surface area contributed by atoms with Gasteiger partial charge in [0.05, 0.1) is 37.4 Å². The van der Waals surface area contributed by atoms with Crippen LogP contribution in [0.25, 0.3) is 6.08 Å². The summed E-state index contributed by atoms with van der Waals surface area (Å²) in [5.74, 6) is 0.150. The number of ether oxygens (including phenoxy) is 1. The summed E-state index contributed by atoms with van der Waals surface area (Å²) in [7, 11) is 0. The first-order valence-corrected chi connectivity index (χ1v) is 9.13. The lowest BCUT2D eigenvalue weighted by Gasteiger charge is -2.29. The topological polar surface area (TPSA) is 62.4 Å². The Labute approximate surface area is 154 Å². The summed E-state index contributed by atoms with van der Waals surface area (Å²) in [6.45, 7) is 2.66. The molecule has 0 saturated carbocycles. The standard InChI is InChI=1S/C17H16N4O2S2/c22-16-14(25-17(24)21(16)20-6-8-23-9-7-20)10-13-11-18-19-15(13)12-4-2-1-3-5-12/h1-5,10-11,22H,6-9H2. The maximum absolute atomic E-state index is 10.7. The molecule has 2 aliphatic heterocycles. The molecule has 0 unspecified atom stereocenters. The van der Waals surface area contributed by atoms with Gasteiger partial charge in [0.15, 0.2) is 3.95 Å². The van der Waals surface area contributed by atoms with E-state index in [4.69, 9.17) is 17.0 Å². The average molecular weight is 372 g/mol. The highest BCUT2D eigenvalue weighted by atomic mass is 32.1. The Bertz CT molecular complexity index is 922. The Morgan fingerprint density at radius 3 is 2.72 bits per heavy atom. The van der Waals surface area contributed by atoms with Crippen LogP contribution in [-0.4, -0.2) is 48.0 Å². The molecule has 1 fully saturated rings. The molecular weight excluding hydrogens is 356 g/mol. The van der Waals surface area contributed by atoms with E-state index in [1.165, 1.54) is 11.3 Å². The predicted octanol–water partition coefficient (Wildman–Crippen LogP) is 2.82. The van der Waals surface area contributed by atoms with Gasteiger partial charge in [-0.15, -0.1) is 5.10 Å². The van der Waals surface area contributed by atoms with E-state index in [0.29, 0.717) is 35.1 Å². The largest absolute Gasteiger partial charge is 0.492 e. The molecule has 0 radical (unpaired) electrons. The lowest BCUT2D eigenvalue weighted by atomic mass is 10.0. The van der Waals surface area contributed by atoms with E-state index in [0.717, 1.165) is 16.8 Å². The van der Waals surface area contributed by atoms with Gasteiger partial charge in [-0.2, -0.15) is 5.10 Å². The van der Waals surface area contributed by atoms with Crippen molar-refractivity contribution in [3.63, 3.8) is 0 Å². The van der Waals surface area contributed by atoms with Crippen LogP contribution < -0.4 is 5.01 Å². The molecular formula is C17H16N4O2S2. The normalized spacial score (nSPS) is 18.8. The molecule has 0 aliphatic carbocycles. The first-order valence-electron chi connectivity index (χ1n) is 7.90. The van der Waals surface area contributed by atoms with Crippen molar-refractivity contribution in [2.24, 2.45) is 10.2 Å². The van der Waals surface area contributed by atoms with Crippen LogP contribution in [-0.2, 0) is 4.74 Å². The Morgan fingerprint density at radius 1 is 1.20 bits per heavy atom. The number of benzene rings is 1. The molecule has 25 heavy (non-hydrogen) atoms. The lowest BCUT2D eigenvalue weighted by Crippen LogP contribution is -2.43. The minimum Gasteiger partial charge on any atom is -0.492 e. The summed E-state index contributed by atoms with van der Waals surface area (Å²) in [5, 5.41) is 20.9. The van der Waals surface area contributed by atoms with E-state index < -0.39 is 0 Å². The molecule has 0 spiro atoms. The molecule has 4 rings (SSSR count). The van der Waals surface area contributed by atoms with Gasteiger partial charge in [-0.25, -0.2) is 4.68 Å². The van der Waals surface area contributed by atoms with Crippen LogP contribution in [0.5, 0.6) is 5.88 Å². The highest BCUT2D eigenvalue weighted by Gasteiger charge is 2.20. The van der Waals surface area contributed by atoms with E-state index in [1.807, 2.05) is 41.4 Å². The van der Waals surface area contributed by atoms with Crippen molar-refractivity contribution >= 4 is 41.6 Å². The minimum atomic E-state index is 0.150. The molecule has 1 aromatic carbocycles. The van der Waals surface area contributed by atoms with Gasteiger partial charge < -0.3 is 14.9 Å². The highest BCUT2D eigenvalue weighted by molar-refractivity contribution is 7.73. The van der Waals surface area contributed by atoms with Crippen molar-refractivity contribution in [1.29, 1.82) is 0 Å². The van der Waals surface area contributed by atoms with E-state index in [2.05, 4.69) is 10.2 Å². The summed E-state index contributed by atoms with van der Waals surface area (Å²) in [4.78, 5) is 0.698. The van der Waals surface area contributed by atoms with Gasteiger partial charge in [-0.05, 0) is 18.3 Å².